The summed E-state index contributed by atoms with van der Waals surface area (Å²) in [5.41, 5.74) is 1.11. The van der Waals surface area contributed by atoms with E-state index in [2.05, 4.69) is 50.1 Å². The highest BCUT2D eigenvalue weighted by Crippen LogP contribution is 2.34. The molecule has 0 bridgehead atoms. The van der Waals surface area contributed by atoms with Crippen LogP contribution in [0.25, 0.3) is 0 Å². The van der Waals surface area contributed by atoms with Gasteiger partial charge in [0.1, 0.15) is 18.5 Å². The molecule has 4 unspecified atom stereocenters. The molecule has 4 rings (SSSR count). The third kappa shape index (κ3) is 3.03. The van der Waals surface area contributed by atoms with Crippen LogP contribution in [0.4, 0.5) is 10.5 Å². The second kappa shape index (κ2) is 7.07. The van der Waals surface area contributed by atoms with Gasteiger partial charge in [0.2, 0.25) is 0 Å². The van der Waals surface area contributed by atoms with E-state index in [1.54, 1.807) is 11.9 Å². The van der Waals surface area contributed by atoms with Crippen LogP contribution in [0.15, 0.2) is 28.7 Å². The molecule has 1 aromatic rings. The van der Waals surface area contributed by atoms with Gasteiger partial charge in [-0.2, -0.15) is 0 Å². The first-order chi connectivity index (χ1) is 12.9. The number of urea groups is 1. The number of amides is 3. The average molecular weight is 436 g/mol. The van der Waals surface area contributed by atoms with Crippen molar-refractivity contribution in [2.75, 3.05) is 31.6 Å². The van der Waals surface area contributed by atoms with E-state index >= 15 is 0 Å². The molecule has 0 spiro atoms. The Kier molecular flexibility index (Phi) is 4.90. The van der Waals surface area contributed by atoms with Gasteiger partial charge in [-0.05, 0) is 36.6 Å². The Balaban J connectivity index is 1.68. The second-order valence-corrected chi connectivity index (χ2v) is 8.66. The number of nitrogens with zero attached hydrogens (tertiary/aromatic N) is 4. The zero-order valence-electron chi connectivity index (χ0n) is 15.9. The quantitative estimate of drug-likeness (QED) is 0.787. The summed E-state index contributed by atoms with van der Waals surface area (Å²) in [4.78, 5) is 33.5. The molecule has 27 heavy (non-hydrogen) atoms. The van der Waals surface area contributed by atoms with Gasteiger partial charge in [-0.3, -0.25) is 19.9 Å². The topological polar surface area (TPSA) is 59.1 Å². The van der Waals surface area contributed by atoms with Crippen LogP contribution in [0.5, 0.6) is 0 Å². The Labute approximate surface area is 168 Å². The van der Waals surface area contributed by atoms with Crippen molar-refractivity contribution in [1.82, 2.24) is 20.0 Å². The van der Waals surface area contributed by atoms with Crippen molar-refractivity contribution >= 4 is 33.6 Å². The zero-order valence-corrected chi connectivity index (χ0v) is 17.5. The fraction of sp³-hybridized carbons (Fsp3) is 0.579. The molecule has 3 aliphatic rings. The lowest BCUT2D eigenvalue weighted by Gasteiger charge is -2.46. The van der Waals surface area contributed by atoms with Crippen molar-refractivity contribution in [2.45, 2.75) is 38.8 Å². The van der Waals surface area contributed by atoms with Crippen LogP contribution in [-0.4, -0.2) is 71.8 Å². The maximum atomic E-state index is 13.2. The molecule has 4 atom stereocenters. The number of imide groups is 1. The number of rotatable bonds is 3. The molecule has 0 aliphatic carbocycles. The Morgan fingerprint density at radius 2 is 1.89 bits per heavy atom. The highest BCUT2D eigenvalue weighted by atomic mass is 79.9. The number of nitrogens with one attached hydrogen (secondary N) is 1. The number of anilines is 1. The fourth-order valence-corrected chi connectivity index (χ4v) is 4.75. The molecular weight excluding hydrogens is 410 g/mol. The predicted octanol–water partition coefficient (Wildman–Crippen LogP) is 2.09. The Morgan fingerprint density at radius 1 is 1.19 bits per heavy atom. The highest BCUT2D eigenvalue weighted by Gasteiger charge is 2.56. The van der Waals surface area contributed by atoms with E-state index in [1.807, 2.05) is 19.1 Å². The molecule has 3 aliphatic heterocycles. The van der Waals surface area contributed by atoms with Crippen LogP contribution in [0.3, 0.4) is 0 Å². The van der Waals surface area contributed by atoms with Gasteiger partial charge in [0.15, 0.2) is 0 Å². The average Bonchev–Trinajstić information content (AvgIpc) is 3.03. The minimum Gasteiger partial charge on any atom is -0.343 e. The molecule has 8 heteroatoms. The molecule has 0 aromatic heterocycles. The number of hydrogen-bond acceptors (Lipinski definition) is 5. The number of likely N-dealkylation sites (N-methyl/N-ethyl adjacent to an activating group) is 1. The number of hydrogen-bond donors (Lipinski definition) is 1. The lowest BCUT2D eigenvalue weighted by molar-refractivity contribution is -0.138. The van der Waals surface area contributed by atoms with Crippen molar-refractivity contribution in [3.05, 3.63) is 28.7 Å². The molecule has 7 nitrogen and oxygen atoms in total. The van der Waals surface area contributed by atoms with Crippen molar-refractivity contribution in [1.29, 1.82) is 0 Å². The lowest BCUT2D eigenvalue weighted by Crippen LogP contribution is -2.66. The van der Waals surface area contributed by atoms with Crippen molar-refractivity contribution in [3.8, 4) is 0 Å². The molecule has 3 saturated heterocycles. The third-order valence-corrected chi connectivity index (χ3v) is 6.22. The van der Waals surface area contributed by atoms with E-state index < -0.39 is 0 Å². The number of benzene rings is 1. The minimum atomic E-state index is -0.343. The van der Waals surface area contributed by atoms with Gasteiger partial charge in [-0.15, -0.1) is 0 Å². The number of carbonyl (C=O) groups is 2. The molecule has 146 valence electrons. The standard InChI is InChI=1S/C19H26BrN5O2/c1-4-9-23-17(26)15-16(22(3)19(23)27)21-18-24(10-12(2)11-25(15)18)14-7-5-13(20)6-8-14/h5-8,12,15-16,18,21H,4,9-11H2,1-3H3. The smallest absolute Gasteiger partial charge is 0.327 e. The van der Waals surface area contributed by atoms with E-state index in [0.717, 1.165) is 29.7 Å². The van der Waals surface area contributed by atoms with Gasteiger partial charge in [0.05, 0.1) is 0 Å². The fourth-order valence-electron chi connectivity index (χ4n) is 4.48. The van der Waals surface area contributed by atoms with E-state index in [4.69, 9.17) is 0 Å². The van der Waals surface area contributed by atoms with Crippen molar-refractivity contribution < 1.29 is 9.59 Å². The third-order valence-electron chi connectivity index (χ3n) is 5.69. The summed E-state index contributed by atoms with van der Waals surface area (Å²) in [5.74, 6) is 0.339. The number of carbonyl (C=O) groups excluding carboxylic acids is 2. The SMILES string of the molecule is CCCN1C(=O)C2C(NC3N(c4ccc(Br)cc4)CC(C)CN23)N(C)C1=O. The van der Waals surface area contributed by atoms with Crippen LogP contribution in [0, 0.1) is 5.92 Å². The Hall–Kier alpha value is -1.64. The van der Waals surface area contributed by atoms with Gasteiger partial charge >= 0.3 is 6.03 Å². The molecule has 3 fully saturated rings. The van der Waals surface area contributed by atoms with Gasteiger partial charge in [-0.1, -0.05) is 29.8 Å². The Bertz CT molecular complexity index is 742. The molecule has 1 aromatic carbocycles. The van der Waals surface area contributed by atoms with Gasteiger partial charge in [0.25, 0.3) is 5.91 Å². The molecule has 0 saturated carbocycles. The van der Waals surface area contributed by atoms with Crippen LogP contribution >= 0.6 is 15.9 Å². The number of halogens is 1. The molecule has 3 heterocycles. The minimum absolute atomic E-state index is 0.0789. The van der Waals surface area contributed by atoms with Crippen molar-refractivity contribution in [3.63, 3.8) is 0 Å². The highest BCUT2D eigenvalue weighted by molar-refractivity contribution is 9.10. The normalized spacial score (nSPS) is 31.3. The van der Waals surface area contributed by atoms with E-state index in [-0.39, 0.29) is 30.4 Å². The molecule has 0 radical (unpaired) electrons. The lowest BCUT2D eigenvalue weighted by atomic mass is 10.0. The zero-order chi connectivity index (χ0) is 19.3. The van der Waals surface area contributed by atoms with Gasteiger partial charge < -0.3 is 9.80 Å². The molecule has 1 N–H and O–H groups in total. The number of fused-ring (bicyclic) bond motifs is 3. The molecular formula is C19H26BrN5O2. The van der Waals surface area contributed by atoms with Crippen LogP contribution in [0.2, 0.25) is 0 Å². The van der Waals surface area contributed by atoms with Crippen molar-refractivity contribution in [2.24, 2.45) is 5.92 Å². The first kappa shape index (κ1) is 18.7. The summed E-state index contributed by atoms with van der Waals surface area (Å²) < 4.78 is 1.04. The largest absolute Gasteiger partial charge is 0.343 e. The van der Waals surface area contributed by atoms with E-state index in [9.17, 15) is 9.59 Å². The summed E-state index contributed by atoms with van der Waals surface area (Å²) in [5, 5.41) is 3.55. The van der Waals surface area contributed by atoms with Gasteiger partial charge in [-0.25, -0.2) is 4.79 Å². The summed E-state index contributed by atoms with van der Waals surface area (Å²) in [7, 11) is 1.79. The van der Waals surface area contributed by atoms with E-state index in [0.29, 0.717) is 12.5 Å². The maximum absolute atomic E-state index is 13.2. The first-order valence-electron chi connectivity index (χ1n) is 9.54. The van der Waals surface area contributed by atoms with Crippen LogP contribution < -0.4 is 10.2 Å². The second-order valence-electron chi connectivity index (χ2n) is 7.74. The van der Waals surface area contributed by atoms with E-state index in [1.165, 1.54) is 4.90 Å². The summed E-state index contributed by atoms with van der Waals surface area (Å²) in [6.45, 7) is 6.40. The summed E-state index contributed by atoms with van der Waals surface area (Å²) >= 11 is 3.49. The van der Waals surface area contributed by atoms with Crippen LogP contribution in [-0.2, 0) is 4.79 Å². The summed E-state index contributed by atoms with van der Waals surface area (Å²) in [6, 6.07) is 7.69. The maximum Gasteiger partial charge on any atom is 0.327 e. The Morgan fingerprint density at radius 3 is 2.56 bits per heavy atom. The predicted molar refractivity (Wildman–Crippen MR) is 107 cm³/mol. The summed E-state index contributed by atoms with van der Waals surface area (Å²) in [6.07, 6.45) is 0.366. The first-order valence-corrected chi connectivity index (χ1v) is 10.3. The monoisotopic (exact) mass is 435 g/mol. The van der Waals surface area contributed by atoms with Crippen LogP contribution in [0.1, 0.15) is 20.3 Å². The van der Waals surface area contributed by atoms with Gasteiger partial charge in [0, 0.05) is 36.8 Å². The molecule has 3 amide bonds.